The topological polar surface area (TPSA) is 38.4 Å². The predicted molar refractivity (Wildman–Crippen MR) is 59.7 cm³/mol. The van der Waals surface area contributed by atoms with E-state index in [1.807, 2.05) is 30.3 Å². The summed E-state index contributed by atoms with van der Waals surface area (Å²) < 4.78 is 0. The Labute approximate surface area is 84.9 Å². The average molecular weight is 188 g/mol. The van der Waals surface area contributed by atoms with Gasteiger partial charge in [0.25, 0.3) is 0 Å². The molecule has 1 aromatic carbocycles. The fraction of sp³-hybridized carbons (Fsp3) is 0.417. The van der Waals surface area contributed by atoms with Crippen LogP contribution in [0.4, 0.5) is 5.69 Å². The molecule has 2 heteroatoms. The van der Waals surface area contributed by atoms with Crippen molar-refractivity contribution >= 4 is 11.5 Å². The van der Waals surface area contributed by atoms with Crippen LogP contribution in [-0.4, -0.2) is 5.84 Å². The zero-order valence-electron chi connectivity index (χ0n) is 8.32. The zero-order valence-corrected chi connectivity index (χ0v) is 8.32. The summed E-state index contributed by atoms with van der Waals surface area (Å²) in [6.45, 7) is 0. The molecule has 0 spiro atoms. The van der Waals surface area contributed by atoms with Crippen molar-refractivity contribution in [2.45, 2.75) is 25.7 Å². The van der Waals surface area contributed by atoms with E-state index < -0.39 is 0 Å². The summed E-state index contributed by atoms with van der Waals surface area (Å²) in [5, 5.41) is 0. The van der Waals surface area contributed by atoms with Gasteiger partial charge in [0.1, 0.15) is 5.84 Å². The highest BCUT2D eigenvalue weighted by atomic mass is 14.9. The van der Waals surface area contributed by atoms with Crippen LogP contribution in [0.25, 0.3) is 0 Å². The van der Waals surface area contributed by atoms with E-state index in [1.54, 1.807) is 0 Å². The third-order valence-corrected chi connectivity index (χ3v) is 2.79. The maximum absolute atomic E-state index is 5.96. The van der Waals surface area contributed by atoms with E-state index in [9.17, 15) is 0 Å². The standard InChI is InChI=1S/C12H16N2/c13-12(10-6-4-5-7-10)14-11-8-2-1-3-9-11/h1-3,8-10H,4-7H2,(H2,13,14). The number of para-hydroxylation sites is 1. The molecule has 74 valence electrons. The van der Waals surface area contributed by atoms with Crippen LogP contribution in [0.2, 0.25) is 0 Å². The van der Waals surface area contributed by atoms with Crippen LogP contribution in [0.15, 0.2) is 35.3 Å². The molecule has 0 aliphatic heterocycles. The molecule has 0 amide bonds. The maximum Gasteiger partial charge on any atom is 0.103 e. The Balaban J connectivity index is 2.10. The van der Waals surface area contributed by atoms with Gasteiger partial charge in [-0.25, -0.2) is 4.99 Å². The first-order valence-electron chi connectivity index (χ1n) is 5.25. The van der Waals surface area contributed by atoms with Gasteiger partial charge >= 0.3 is 0 Å². The van der Waals surface area contributed by atoms with Crippen molar-refractivity contribution < 1.29 is 0 Å². The van der Waals surface area contributed by atoms with Gasteiger partial charge in [0.05, 0.1) is 5.69 Å². The highest BCUT2D eigenvalue weighted by molar-refractivity contribution is 5.85. The molecule has 0 bridgehead atoms. The van der Waals surface area contributed by atoms with Gasteiger partial charge in [-0.1, -0.05) is 31.0 Å². The lowest BCUT2D eigenvalue weighted by molar-refractivity contribution is 0.722. The first-order valence-corrected chi connectivity index (χ1v) is 5.25. The van der Waals surface area contributed by atoms with E-state index in [1.165, 1.54) is 25.7 Å². The second kappa shape index (κ2) is 4.27. The molecule has 14 heavy (non-hydrogen) atoms. The molecule has 0 radical (unpaired) electrons. The fourth-order valence-corrected chi connectivity index (χ4v) is 1.96. The zero-order chi connectivity index (χ0) is 9.80. The highest BCUT2D eigenvalue weighted by Crippen LogP contribution is 2.25. The third kappa shape index (κ3) is 2.13. The Hall–Kier alpha value is -1.31. The van der Waals surface area contributed by atoms with Crippen LogP contribution in [0.1, 0.15) is 25.7 Å². The quantitative estimate of drug-likeness (QED) is 0.562. The van der Waals surface area contributed by atoms with E-state index >= 15 is 0 Å². The Morgan fingerprint density at radius 3 is 2.43 bits per heavy atom. The van der Waals surface area contributed by atoms with Crippen LogP contribution >= 0.6 is 0 Å². The fourth-order valence-electron chi connectivity index (χ4n) is 1.96. The van der Waals surface area contributed by atoms with Crippen molar-refractivity contribution in [1.29, 1.82) is 0 Å². The smallest absolute Gasteiger partial charge is 0.103 e. The second-order valence-corrected chi connectivity index (χ2v) is 3.85. The van der Waals surface area contributed by atoms with Gasteiger partial charge in [-0.2, -0.15) is 0 Å². The number of nitrogens with zero attached hydrogens (tertiary/aromatic N) is 1. The monoisotopic (exact) mass is 188 g/mol. The number of aliphatic imine (C=N–C) groups is 1. The van der Waals surface area contributed by atoms with Gasteiger partial charge in [0.15, 0.2) is 0 Å². The molecule has 1 aliphatic carbocycles. The number of hydrogen-bond donors (Lipinski definition) is 1. The molecule has 0 saturated heterocycles. The minimum atomic E-state index is 0.523. The highest BCUT2D eigenvalue weighted by Gasteiger charge is 2.18. The molecule has 2 N–H and O–H groups in total. The molecular formula is C12H16N2. The van der Waals surface area contributed by atoms with Crippen LogP contribution in [0, 0.1) is 5.92 Å². The molecular weight excluding hydrogens is 172 g/mol. The second-order valence-electron chi connectivity index (χ2n) is 3.85. The van der Waals surface area contributed by atoms with Crippen molar-refractivity contribution in [3.63, 3.8) is 0 Å². The van der Waals surface area contributed by atoms with E-state index in [-0.39, 0.29) is 0 Å². The maximum atomic E-state index is 5.96. The van der Waals surface area contributed by atoms with Crippen molar-refractivity contribution in [3.05, 3.63) is 30.3 Å². The van der Waals surface area contributed by atoms with Gasteiger partial charge in [0, 0.05) is 5.92 Å². The van der Waals surface area contributed by atoms with Gasteiger partial charge in [-0.15, -0.1) is 0 Å². The molecule has 1 saturated carbocycles. The van der Waals surface area contributed by atoms with Crippen molar-refractivity contribution in [1.82, 2.24) is 0 Å². The summed E-state index contributed by atoms with van der Waals surface area (Å²) in [6.07, 6.45) is 5.02. The predicted octanol–water partition coefficient (Wildman–Crippen LogP) is 2.87. The van der Waals surface area contributed by atoms with E-state index in [0.717, 1.165) is 11.5 Å². The molecule has 2 rings (SSSR count). The lowest BCUT2D eigenvalue weighted by atomic mass is 10.1. The number of hydrogen-bond acceptors (Lipinski definition) is 1. The van der Waals surface area contributed by atoms with Gasteiger partial charge in [-0.3, -0.25) is 0 Å². The van der Waals surface area contributed by atoms with Crippen molar-refractivity contribution in [2.24, 2.45) is 16.6 Å². The van der Waals surface area contributed by atoms with Crippen LogP contribution in [0.3, 0.4) is 0 Å². The number of rotatable bonds is 2. The summed E-state index contributed by atoms with van der Waals surface area (Å²) in [4.78, 5) is 4.44. The Morgan fingerprint density at radius 2 is 1.79 bits per heavy atom. The van der Waals surface area contributed by atoms with Gasteiger partial charge in [0.2, 0.25) is 0 Å². The lowest BCUT2D eigenvalue weighted by Crippen LogP contribution is -2.20. The molecule has 0 atom stereocenters. The molecule has 0 heterocycles. The summed E-state index contributed by atoms with van der Waals surface area (Å²) in [6, 6.07) is 9.94. The number of nitrogens with two attached hydrogens (primary N) is 1. The molecule has 2 nitrogen and oxygen atoms in total. The lowest BCUT2D eigenvalue weighted by Gasteiger charge is -2.07. The summed E-state index contributed by atoms with van der Waals surface area (Å²) in [5.74, 6) is 1.34. The van der Waals surface area contributed by atoms with Crippen LogP contribution in [0.5, 0.6) is 0 Å². The molecule has 1 aliphatic rings. The van der Waals surface area contributed by atoms with Gasteiger partial charge in [-0.05, 0) is 25.0 Å². The average Bonchev–Trinajstić information content (AvgIpc) is 2.72. The largest absolute Gasteiger partial charge is 0.387 e. The molecule has 1 aromatic rings. The van der Waals surface area contributed by atoms with Crippen molar-refractivity contribution in [2.75, 3.05) is 0 Å². The first-order chi connectivity index (χ1) is 6.86. The van der Waals surface area contributed by atoms with Gasteiger partial charge < -0.3 is 5.73 Å². The summed E-state index contributed by atoms with van der Waals surface area (Å²) >= 11 is 0. The van der Waals surface area contributed by atoms with Crippen molar-refractivity contribution in [3.8, 4) is 0 Å². The van der Waals surface area contributed by atoms with Crippen LogP contribution < -0.4 is 5.73 Å². The van der Waals surface area contributed by atoms with Crippen LogP contribution in [-0.2, 0) is 0 Å². The summed E-state index contributed by atoms with van der Waals surface area (Å²) in [5.41, 5.74) is 6.93. The van der Waals surface area contributed by atoms with E-state index in [4.69, 9.17) is 5.73 Å². The molecule has 0 unspecified atom stereocenters. The Bertz CT molecular complexity index is 310. The molecule has 1 fully saturated rings. The summed E-state index contributed by atoms with van der Waals surface area (Å²) in [7, 11) is 0. The Kier molecular flexibility index (Phi) is 2.82. The molecule has 0 aromatic heterocycles. The minimum absolute atomic E-state index is 0.523. The Morgan fingerprint density at radius 1 is 1.14 bits per heavy atom. The normalized spacial score (nSPS) is 18.7. The minimum Gasteiger partial charge on any atom is -0.387 e. The first kappa shape index (κ1) is 9.25. The third-order valence-electron chi connectivity index (χ3n) is 2.79. The SMILES string of the molecule is NC(=Nc1ccccc1)C1CCCC1. The number of amidine groups is 1. The van der Waals surface area contributed by atoms with E-state index in [0.29, 0.717) is 5.92 Å². The number of benzene rings is 1. The van der Waals surface area contributed by atoms with E-state index in [2.05, 4.69) is 4.99 Å².